The van der Waals surface area contributed by atoms with Crippen molar-refractivity contribution in [2.24, 2.45) is 0 Å². The molecule has 0 aromatic heterocycles. The summed E-state index contributed by atoms with van der Waals surface area (Å²) in [5.74, 6) is 0. The number of thiol groups is 1. The van der Waals surface area contributed by atoms with Gasteiger partial charge in [0.2, 0.25) is 0 Å². The van der Waals surface area contributed by atoms with E-state index in [9.17, 15) is 0 Å². The smallest absolute Gasteiger partial charge is 0.870 e. The van der Waals surface area contributed by atoms with Crippen LogP contribution in [0.2, 0.25) is 0 Å². The van der Waals surface area contributed by atoms with E-state index in [4.69, 9.17) is 4.79 Å². The summed E-state index contributed by atoms with van der Waals surface area (Å²) in [5.41, 5.74) is 0. The predicted octanol–water partition coefficient (Wildman–Crippen LogP) is -5.59. The topological polar surface area (TPSA) is 47.1 Å². The summed E-state index contributed by atoms with van der Waals surface area (Å²) in [5, 5.41) is 0. The maximum atomic E-state index is 9.12. The quantitative estimate of drug-likeness (QED) is 0.216. The van der Waals surface area contributed by atoms with Gasteiger partial charge in [0.05, 0.1) is 4.45 Å². The minimum Gasteiger partial charge on any atom is -0.870 e. The first-order valence-electron chi connectivity index (χ1n) is 0.632. The van der Waals surface area contributed by atoms with Crippen molar-refractivity contribution in [1.82, 2.24) is 0 Å². The van der Waals surface area contributed by atoms with Crippen LogP contribution in [0.5, 0.6) is 0 Å². The molecule has 0 aliphatic rings. The van der Waals surface area contributed by atoms with E-state index in [1.807, 2.05) is 0 Å². The molecule has 6 heteroatoms. The van der Waals surface area contributed by atoms with Gasteiger partial charge in [0, 0.05) is 0 Å². The van der Waals surface area contributed by atoms with Crippen molar-refractivity contribution < 1.29 is 69.4 Å². The molecule has 0 atom stereocenters. The maximum absolute atomic E-state index is 9.12. The zero-order valence-electron chi connectivity index (χ0n) is 4.21. The Labute approximate surface area is 97.5 Å². The fourth-order valence-electron chi connectivity index (χ4n) is 0. The zero-order chi connectivity index (χ0) is 3.58. The molecule has 0 aliphatic heterocycles. The van der Waals surface area contributed by atoms with Gasteiger partial charge in [-0.2, -0.15) is 0 Å². The van der Waals surface area contributed by atoms with Crippen molar-refractivity contribution in [2.75, 3.05) is 0 Å². The summed E-state index contributed by atoms with van der Waals surface area (Å²) < 4.78 is -0.556. The monoisotopic (exact) mass is 156 g/mol. The van der Waals surface area contributed by atoms with Gasteiger partial charge in [-0.25, -0.2) is 0 Å². The Morgan fingerprint density at radius 2 is 1.43 bits per heavy atom. The van der Waals surface area contributed by atoms with Crippen molar-refractivity contribution in [3.8, 4) is 0 Å². The van der Waals surface area contributed by atoms with Crippen molar-refractivity contribution in [3.63, 3.8) is 0 Å². The second-order valence-electron chi connectivity index (χ2n) is 0.266. The molecule has 32 valence electrons. The largest absolute Gasteiger partial charge is 1.00 e. The van der Waals surface area contributed by atoms with E-state index in [0.717, 1.165) is 0 Å². The van der Waals surface area contributed by atoms with Crippen LogP contribution in [0.15, 0.2) is 0 Å². The fourth-order valence-corrected chi connectivity index (χ4v) is 0. The third kappa shape index (κ3) is 65.1. The fraction of sp³-hybridized carbons (Fsp3) is 0. The average molecular weight is 156 g/mol. The zero-order valence-corrected chi connectivity index (χ0v) is 9.92. The second-order valence-corrected chi connectivity index (χ2v) is 1.35. The molecule has 1 N–H and O–H groups in total. The van der Waals surface area contributed by atoms with Gasteiger partial charge in [0.25, 0.3) is 0 Å². The van der Waals surface area contributed by atoms with Crippen molar-refractivity contribution in [3.05, 3.63) is 0 Å². The third-order valence-electron chi connectivity index (χ3n) is 0. The number of hydrogen-bond acceptors (Lipinski definition) is 3. The SMILES string of the molecule is O=C([S-])S.[Na+].[Na+].[OH-]. The van der Waals surface area contributed by atoms with Crippen LogP contribution >= 0.6 is 12.6 Å². The summed E-state index contributed by atoms with van der Waals surface area (Å²) in [6, 6.07) is 0. The predicted molar refractivity (Wildman–Crippen MR) is 23.7 cm³/mol. The van der Waals surface area contributed by atoms with Gasteiger partial charge in [-0.3, -0.25) is 0 Å². The van der Waals surface area contributed by atoms with Crippen LogP contribution in [-0.4, -0.2) is 9.92 Å². The van der Waals surface area contributed by atoms with E-state index in [-0.39, 0.29) is 64.6 Å². The Morgan fingerprint density at radius 3 is 1.43 bits per heavy atom. The molecule has 0 rings (SSSR count). The van der Waals surface area contributed by atoms with Gasteiger partial charge >= 0.3 is 59.1 Å². The molecule has 0 aromatic carbocycles. The Balaban J connectivity index is -0.0000000150. The van der Waals surface area contributed by atoms with Gasteiger partial charge < -0.3 is 22.9 Å². The van der Waals surface area contributed by atoms with Gasteiger partial charge in [-0.1, -0.05) is 0 Å². The molecular weight excluding hydrogens is 154 g/mol. The van der Waals surface area contributed by atoms with E-state index < -0.39 is 4.45 Å². The van der Waals surface area contributed by atoms with Gasteiger partial charge in [0.1, 0.15) is 0 Å². The molecule has 2 nitrogen and oxygen atoms in total. The average Bonchev–Trinajstić information content (AvgIpc) is 0.811. The Kier molecular flexibility index (Phi) is 51.4. The van der Waals surface area contributed by atoms with E-state index in [0.29, 0.717) is 0 Å². The van der Waals surface area contributed by atoms with Crippen molar-refractivity contribution in [1.29, 1.82) is 0 Å². The third-order valence-corrected chi connectivity index (χ3v) is 0. The Bertz CT molecular complexity index is 36.7. The molecule has 0 aromatic rings. The molecule has 0 saturated heterocycles. The second kappa shape index (κ2) is 15.7. The summed E-state index contributed by atoms with van der Waals surface area (Å²) in [7, 11) is 0. The Hall–Kier alpha value is 2.20. The van der Waals surface area contributed by atoms with E-state index in [1.165, 1.54) is 0 Å². The van der Waals surface area contributed by atoms with Crippen LogP contribution in [0.1, 0.15) is 0 Å². The molecule has 0 heterocycles. The summed E-state index contributed by atoms with van der Waals surface area (Å²) in [6.07, 6.45) is 0. The molecule has 0 unspecified atom stereocenters. The van der Waals surface area contributed by atoms with Gasteiger partial charge in [0.15, 0.2) is 0 Å². The minimum atomic E-state index is -0.556. The molecule has 7 heavy (non-hydrogen) atoms. The number of carbonyl (C=O) groups is 1. The molecule has 0 aliphatic carbocycles. The van der Waals surface area contributed by atoms with Crippen LogP contribution in [-0.2, 0) is 12.6 Å². The van der Waals surface area contributed by atoms with Gasteiger partial charge in [-0.05, 0) is 0 Å². The van der Waals surface area contributed by atoms with Crippen LogP contribution in [0.25, 0.3) is 0 Å². The van der Waals surface area contributed by atoms with Gasteiger partial charge in [-0.15, -0.1) is 12.6 Å². The van der Waals surface area contributed by atoms with Crippen LogP contribution < -0.4 is 59.1 Å². The van der Waals surface area contributed by atoms with Crippen LogP contribution in [0.3, 0.4) is 0 Å². The first kappa shape index (κ1) is 22.9. The van der Waals surface area contributed by atoms with E-state index >= 15 is 0 Å². The maximum Gasteiger partial charge on any atom is 1.00 e. The molecule has 0 spiro atoms. The van der Waals surface area contributed by atoms with Crippen LogP contribution in [0, 0.1) is 0 Å². The van der Waals surface area contributed by atoms with Crippen LogP contribution in [0.4, 0.5) is 4.79 Å². The molecule has 0 bridgehead atoms. The summed E-state index contributed by atoms with van der Waals surface area (Å²) in [6.45, 7) is 0. The summed E-state index contributed by atoms with van der Waals surface area (Å²) in [4.78, 5) is 9.12. The molecule has 0 radical (unpaired) electrons. The summed E-state index contributed by atoms with van der Waals surface area (Å²) >= 11 is 6.99. The number of hydrogen-bond donors (Lipinski definition) is 1. The Morgan fingerprint density at radius 1 is 1.43 bits per heavy atom. The first-order valence-corrected chi connectivity index (χ1v) is 1.49. The normalized spacial score (nSPS) is 3.57. The molecular formula is CH2Na2O2S2. The molecule has 0 saturated carbocycles. The van der Waals surface area contributed by atoms with E-state index in [2.05, 4.69) is 25.3 Å². The van der Waals surface area contributed by atoms with Crippen molar-refractivity contribution >= 4 is 29.7 Å². The van der Waals surface area contributed by atoms with E-state index in [1.54, 1.807) is 0 Å². The first-order chi connectivity index (χ1) is 1.73. The number of rotatable bonds is 0. The number of carbonyl (C=O) groups excluding carboxylic acids is 1. The van der Waals surface area contributed by atoms with Crippen molar-refractivity contribution in [2.45, 2.75) is 0 Å². The molecule has 0 fully saturated rings. The minimum absolute atomic E-state index is 0. The molecule has 0 amide bonds. The standard InChI is InChI=1S/CH2OS2.2Na.H2O/c2-1(3)4;;;/h(H2,2,3,4);;;1H2/q;2*+1;/p-2.